The van der Waals surface area contributed by atoms with Crippen molar-refractivity contribution in [2.24, 2.45) is 0 Å². The number of anilines is 2. The average Bonchev–Trinajstić information content (AvgIpc) is 3.18. The van der Waals surface area contributed by atoms with E-state index in [-0.39, 0.29) is 5.91 Å². The van der Waals surface area contributed by atoms with Gasteiger partial charge in [-0.05, 0) is 44.9 Å². The third-order valence-corrected chi connectivity index (χ3v) is 5.48. The molecule has 3 rings (SSSR count). The van der Waals surface area contributed by atoms with E-state index in [1.807, 2.05) is 6.07 Å². The van der Waals surface area contributed by atoms with E-state index in [1.54, 1.807) is 6.07 Å². The number of carbonyl (C=O) groups excluding carboxylic acids is 1. The summed E-state index contributed by atoms with van der Waals surface area (Å²) in [4.78, 5) is 23.4. The number of hydrogen-bond donors (Lipinski definition) is 2. The van der Waals surface area contributed by atoms with Gasteiger partial charge >= 0.3 is 0 Å². The molecule has 7 heteroatoms. The third kappa shape index (κ3) is 4.78. The Hall–Kier alpha value is -2.96. The van der Waals surface area contributed by atoms with Crippen molar-refractivity contribution in [3.05, 3.63) is 42.0 Å². The number of H-pyrrole nitrogens is 1. The van der Waals surface area contributed by atoms with Crippen molar-refractivity contribution in [3.8, 4) is 0 Å². The molecule has 160 valence electrons. The number of amides is 1. The fourth-order valence-electron chi connectivity index (χ4n) is 3.92. The van der Waals surface area contributed by atoms with Crippen LogP contribution < -0.4 is 10.2 Å². The fraction of sp³-hybridized carbons (Fsp3) is 0.478. The van der Waals surface area contributed by atoms with Crippen LogP contribution in [-0.2, 0) is 0 Å². The maximum atomic E-state index is 12.8. The molecule has 0 saturated carbocycles. The number of imidazole rings is 1. The lowest BCUT2D eigenvalue weighted by atomic mass is 9.98. The van der Waals surface area contributed by atoms with E-state index in [2.05, 4.69) is 59.2 Å². The number of nitrogens with one attached hydrogen (secondary N) is 2. The predicted molar refractivity (Wildman–Crippen MR) is 122 cm³/mol. The Labute approximate surface area is 178 Å². The molecule has 0 radical (unpaired) electrons. The maximum absolute atomic E-state index is 12.8. The quantitative estimate of drug-likeness (QED) is 0.485. The first kappa shape index (κ1) is 21.7. The van der Waals surface area contributed by atoms with Crippen LogP contribution in [0.1, 0.15) is 75.5 Å². The lowest BCUT2D eigenvalue weighted by Gasteiger charge is -2.24. The number of fused-ring (bicyclic) bond motifs is 1. The molecule has 0 bridgehead atoms. The van der Waals surface area contributed by atoms with E-state index in [0.717, 1.165) is 67.0 Å². The van der Waals surface area contributed by atoms with Gasteiger partial charge in [-0.3, -0.25) is 4.79 Å². The number of hydrogen-bond acceptors (Lipinski definition) is 5. The monoisotopic (exact) mass is 408 g/mol. The molecule has 0 saturated heterocycles. The first-order valence-electron chi connectivity index (χ1n) is 11.0. The number of rotatable bonds is 10. The van der Waals surface area contributed by atoms with Crippen LogP contribution in [0.2, 0.25) is 0 Å². The molecular formula is C23H32N6O. The van der Waals surface area contributed by atoms with E-state index in [9.17, 15) is 4.79 Å². The van der Waals surface area contributed by atoms with Gasteiger partial charge in [-0.25, -0.2) is 4.98 Å². The second-order valence-electron chi connectivity index (χ2n) is 7.54. The lowest BCUT2D eigenvalue weighted by molar-refractivity contribution is 0.102. The van der Waals surface area contributed by atoms with E-state index >= 15 is 0 Å². The predicted octanol–water partition coefficient (Wildman–Crippen LogP) is 5.14. The summed E-state index contributed by atoms with van der Waals surface area (Å²) >= 11 is 0. The second-order valence-corrected chi connectivity index (χ2v) is 7.54. The van der Waals surface area contributed by atoms with Gasteiger partial charge in [-0.1, -0.05) is 26.7 Å². The molecule has 2 heterocycles. The van der Waals surface area contributed by atoms with Gasteiger partial charge in [0.15, 0.2) is 0 Å². The van der Waals surface area contributed by atoms with Gasteiger partial charge in [0.2, 0.25) is 0 Å². The highest BCUT2D eigenvalue weighted by Gasteiger charge is 2.19. The van der Waals surface area contributed by atoms with E-state index in [0.29, 0.717) is 11.5 Å². The summed E-state index contributed by atoms with van der Waals surface area (Å²) in [5.41, 5.74) is 4.11. The summed E-state index contributed by atoms with van der Waals surface area (Å²) in [7, 11) is 0. The van der Waals surface area contributed by atoms with Gasteiger partial charge in [0, 0.05) is 19.0 Å². The van der Waals surface area contributed by atoms with Crippen molar-refractivity contribution in [1.29, 1.82) is 0 Å². The number of nitrogens with zero attached hydrogens (tertiary/aromatic N) is 4. The summed E-state index contributed by atoms with van der Waals surface area (Å²) in [6, 6.07) is 5.74. The molecular weight excluding hydrogens is 376 g/mol. The van der Waals surface area contributed by atoms with Gasteiger partial charge in [-0.2, -0.15) is 10.2 Å². The van der Waals surface area contributed by atoms with Crippen molar-refractivity contribution >= 4 is 28.3 Å². The largest absolute Gasteiger partial charge is 0.370 e. The number of carbonyl (C=O) groups is 1. The van der Waals surface area contributed by atoms with Crippen LogP contribution in [0.4, 0.5) is 11.4 Å². The molecule has 0 aliphatic carbocycles. The normalized spacial score (nSPS) is 11.2. The summed E-state index contributed by atoms with van der Waals surface area (Å²) in [5.74, 6) is 1.28. The summed E-state index contributed by atoms with van der Waals surface area (Å²) < 4.78 is 0. The van der Waals surface area contributed by atoms with Crippen molar-refractivity contribution in [3.63, 3.8) is 0 Å². The highest BCUT2D eigenvalue weighted by Crippen LogP contribution is 2.33. The van der Waals surface area contributed by atoms with Gasteiger partial charge in [0.1, 0.15) is 5.82 Å². The van der Waals surface area contributed by atoms with Crippen LogP contribution in [-0.4, -0.2) is 39.2 Å². The number of aromatic amines is 1. The summed E-state index contributed by atoms with van der Waals surface area (Å²) in [6.07, 6.45) is 7.50. The lowest BCUT2D eigenvalue weighted by Crippen LogP contribution is -2.24. The first-order valence-corrected chi connectivity index (χ1v) is 11.0. The molecule has 2 N–H and O–H groups in total. The molecule has 0 aliphatic rings. The smallest absolute Gasteiger partial charge is 0.257 e. The van der Waals surface area contributed by atoms with Gasteiger partial charge < -0.3 is 15.2 Å². The SMILES string of the molecule is CCCC(CCC)c1nc2cc(N(CC)CC)c(NC(=O)c3ccnnc3)cc2[nH]1. The summed E-state index contributed by atoms with van der Waals surface area (Å²) in [5, 5.41) is 10.6. The molecule has 1 aromatic carbocycles. The van der Waals surface area contributed by atoms with Crippen molar-refractivity contribution in [2.75, 3.05) is 23.3 Å². The second kappa shape index (κ2) is 10.2. The molecule has 2 aromatic heterocycles. The molecule has 0 aliphatic heterocycles. The van der Waals surface area contributed by atoms with Crippen molar-refractivity contribution in [1.82, 2.24) is 20.2 Å². The van der Waals surface area contributed by atoms with E-state index in [4.69, 9.17) is 4.98 Å². The molecule has 30 heavy (non-hydrogen) atoms. The highest BCUT2D eigenvalue weighted by atomic mass is 16.1. The zero-order valence-corrected chi connectivity index (χ0v) is 18.4. The van der Waals surface area contributed by atoms with Crippen molar-refractivity contribution in [2.45, 2.75) is 59.3 Å². The van der Waals surface area contributed by atoms with Gasteiger partial charge in [0.05, 0.1) is 40.4 Å². The molecule has 7 nitrogen and oxygen atoms in total. The van der Waals surface area contributed by atoms with Crippen LogP contribution in [0.25, 0.3) is 11.0 Å². The highest BCUT2D eigenvalue weighted by molar-refractivity contribution is 6.07. The van der Waals surface area contributed by atoms with Crippen LogP contribution in [0.3, 0.4) is 0 Å². The Morgan fingerprint density at radius 2 is 1.83 bits per heavy atom. The zero-order valence-electron chi connectivity index (χ0n) is 18.4. The van der Waals surface area contributed by atoms with Crippen LogP contribution in [0, 0.1) is 0 Å². The molecule has 0 spiro atoms. The molecule has 0 unspecified atom stereocenters. The Morgan fingerprint density at radius 3 is 2.43 bits per heavy atom. The van der Waals surface area contributed by atoms with Gasteiger partial charge in [-0.15, -0.1) is 0 Å². The van der Waals surface area contributed by atoms with Crippen molar-refractivity contribution < 1.29 is 4.79 Å². The van der Waals surface area contributed by atoms with E-state index < -0.39 is 0 Å². The number of aromatic nitrogens is 4. The number of benzene rings is 1. The minimum atomic E-state index is -0.202. The maximum Gasteiger partial charge on any atom is 0.257 e. The molecule has 0 atom stereocenters. The molecule has 0 fully saturated rings. The fourth-order valence-corrected chi connectivity index (χ4v) is 3.92. The summed E-state index contributed by atoms with van der Waals surface area (Å²) in [6.45, 7) is 10.3. The van der Waals surface area contributed by atoms with Crippen LogP contribution >= 0.6 is 0 Å². The minimum Gasteiger partial charge on any atom is -0.370 e. The molecule has 1 amide bonds. The minimum absolute atomic E-state index is 0.202. The Kier molecular flexibility index (Phi) is 7.38. The zero-order chi connectivity index (χ0) is 21.5. The van der Waals surface area contributed by atoms with Crippen LogP contribution in [0.15, 0.2) is 30.6 Å². The average molecular weight is 409 g/mol. The third-order valence-electron chi connectivity index (χ3n) is 5.48. The Balaban J connectivity index is 2.02. The standard InChI is InChI=1S/C23H32N6O/c1-5-9-16(10-6-2)22-26-18-13-20(28-23(30)17-11-12-24-25-15-17)21(14-19(18)27-22)29(7-3)8-4/h11-16H,5-10H2,1-4H3,(H,26,27)(H,28,30). The van der Waals surface area contributed by atoms with Gasteiger partial charge in [0.25, 0.3) is 5.91 Å². The van der Waals surface area contributed by atoms with E-state index in [1.165, 1.54) is 12.4 Å². The Bertz CT molecular complexity index is 958. The van der Waals surface area contributed by atoms with Crippen LogP contribution in [0.5, 0.6) is 0 Å². The Morgan fingerprint density at radius 1 is 1.10 bits per heavy atom. The topological polar surface area (TPSA) is 86.8 Å². The molecule has 3 aromatic rings. The first-order chi connectivity index (χ1) is 14.6.